The Hall–Kier alpha value is -1.78. The van der Waals surface area contributed by atoms with Gasteiger partial charge in [0.1, 0.15) is 5.82 Å². The average molecular weight is 189 g/mol. The number of nitrogens with zero attached hydrogens (tertiary/aromatic N) is 3. The van der Waals surface area contributed by atoms with Crippen LogP contribution in [0.1, 0.15) is 18.3 Å². The van der Waals surface area contributed by atoms with Gasteiger partial charge in [0.15, 0.2) is 0 Å². The molecule has 1 atom stereocenters. The van der Waals surface area contributed by atoms with Crippen molar-refractivity contribution in [2.75, 3.05) is 5.32 Å². The van der Waals surface area contributed by atoms with Crippen LogP contribution >= 0.6 is 0 Å². The van der Waals surface area contributed by atoms with Gasteiger partial charge in [0.2, 0.25) is 0 Å². The Balaban J connectivity index is 1.83. The molecule has 0 saturated carbocycles. The maximum Gasteiger partial charge on any atom is 0.131 e. The molecule has 5 heteroatoms. The number of H-pyrrole nitrogens is 1. The second kappa shape index (κ2) is 2.87. The lowest BCUT2D eigenvalue weighted by molar-refractivity contribution is 0.708. The highest BCUT2D eigenvalue weighted by molar-refractivity contribution is 5.40. The lowest BCUT2D eigenvalue weighted by Gasteiger charge is -2.09. The van der Waals surface area contributed by atoms with Crippen LogP contribution < -0.4 is 5.32 Å². The maximum atomic E-state index is 4.33. The lowest BCUT2D eigenvalue weighted by Crippen LogP contribution is -2.07. The van der Waals surface area contributed by atoms with Crippen LogP contribution in [0.25, 0.3) is 0 Å². The number of imidazole rings is 1. The highest BCUT2D eigenvalue weighted by Gasteiger charge is 2.23. The van der Waals surface area contributed by atoms with E-state index in [4.69, 9.17) is 0 Å². The SMILES string of the molecule is c1cn2c(n1)C(Nc1cn[nH]c1)CC2. The van der Waals surface area contributed by atoms with Crippen LogP contribution in [0.2, 0.25) is 0 Å². The van der Waals surface area contributed by atoms with Crippen LogP contribution in [-0.4, -0.2) is 19.7 Å². The second-order valence-corrected chi connectivity index (χ2v) is 3.45. The maximum absolute atomic E-state index is 4.33. The van der Waals surface area contributed by atoms with E-state index in [0.717, 1.165) is 24.5 Å². The molecule has 2 N–H and O–H groups in total. The zero-order valence-corrected chi connectivity index (χ0v) is 7.64. The minimum atomic E-state index is 0.322. The molecule has 0 amide bonds. The first kappa shape index (κ1) is 7.61. The monoisotopic (exact) mass is 189 g/mol. The Morgan fingerprint density at radius 1 is 1.57 bits per heavy atom. The van der Waals surface area contributed by atoms with Crippen LogP contribution in [0.4, 0.5) is 5.69 Å². The number of nitrogens with one attached hydrogen (secondary N) is 2. The Morgan fingerprint density at radius 2 is 2.57 bits per heavy atom. The van der Waals surface area contributed by atoms with Gasteiger partial charge in [0.05, 0.1) is 17.9 Å². The summed E-state index contributed by atoms with van der Waals surface area (Å²) < 4.78 is 2.18. The number of aromatic nitrogens is 4. The Labute approximate surface area is 81.2 Å². The molecule has 0 radical (unpaired) electrons. The van der Waals surface area contributed by atoms with E-state index in [1.54, 1.807) is 6.20 Å². The fourth-order valence-electron chi connectivity index (χ4n) is 1.88. The average Bonchev–Trinajstić information content (AvgIpc) is 2.85. The van der Waals surface area contributed by atoms with Gasteiger partial charge >= 0.3 is 0 Å². The van der Waals surface area contributed by atoms with Crippen molar-refractivity contribution in [2.24, 2.45) is 0 Å². The summed E-state index contributed by atoms with van der Waals surface area (Å²) in [7, 11) is 0. The molecule has 0 bridgehead atoms. The van der Waals surface area contributed by atoms with Crippen molar-refractivity contribution in [1.29, 1.82) is 0 Å². The summed E-state index contributed by atoms with van der Waals surface area (Å²) in [6.45, 7) is 1.05. The number of hydrogen-bond acceptors (Lipinski definition) is 3. The third-order valence-electron chi connectivity index (χ3n) is 2.56. The molecule has 2 aromatic heterocycles. The molecule has 2 aromatic rings. The standard InChI is InChI=1S/C9H11N5/c1-3-14-4-2-10-9(14)8(1)13-7-5-11-12-6-7/h2,4-6,8,13H,1,3H2,(H,11,12). The molecule has 72 valence electrons. The van der Waals surface area contributed by atoms with Crippen molar-refractivity contribution in [2.45, 2.75) is 19.0 Å². The van der Waals surface area contributed by atoms with E-state index in [9.17, 15) is 0 Å². The topological polar surface area (TPSA) is 58.5 Å². The predicted molar refractivity (Wildman–Crippen MR) is 51.8 cm³/mol. The first-order valence-electron chi connectivity index (χ1n) is 4.70. The van der Waals surface area contributed by atoms with Crippen LogP contribution in [0.5, 0.6) is 0 Å². The molecule has 0 saturated heterocycles. The van der Waals surface area contributed by atoms with Crippen LogP contribution in [-0.2, 0) is 6.54 Å². The summed E-state index contributed by atoms with van der Waals surface area (Å²) >= 11 is 0. The van der Waals surface area contributed by atoms with Gasteiger partial charge < -0.3 is 9.88 Å². The molecule has 1 aliphatic rings. The number of rotatable bonds is 2. The zero-order valence-electron chi connectivity index (χ0n) is 7.64. The van der Waals surface area contributed by atoms with Crippen LogP contribution in [0, 0.1) is 0 Å². The van der Waals surface area contributed by atoms with E-state index in [-0.39, 0.29) is 0 Å². The van der Waals surface area contributed by atoms with Crippen molar-refractivity contribution in [3.05, 3.63) is 30.6 Å². The predicted octanol–water partition coefficient (Wildman–Crippen LogP) is 1.16. The Kier molecular flexibility index (Phi) is 1.56. The Morgan fingerprint density at radius 3 is 3.43 bits per heavy atom. The largest absolute Gasteiger partial charge is 0.373 e. The minimum absolute atomic E-state index is 0.322. The quantitative estimate of drug-likeness (QED) is 0.745. The molecule has 0 fully saturated rings. The summed E-state index contributed by atoms with van der Waals surface area (Å²) in [5.41, 5.74) is 1.02. The van der Waals surface area contributed by atoms with Crippen molar-refractivity contribution < 1.29 is 0 Å². The van der Waals surface area contributed by atoms with Crippen LogP contribution in [0.15, 0.2) is 24.8 Å². The molecule has 0 aromatic carbocycles. The fraction of sp³-hybridized carbons (Fsp3) is 0.333. The van der Waals surface area contributed by atoms with E-state index >= 15 is 0 Å². The Bertz CT molecular complexity index is 416. The number of aryl methyl sites for hydroxylation is 1. The van der Waals surface area contributed by atoms with Crippen LogP contribution in [0.3, 0.4) is 0 Å². The third-order valence-corrected chi connectivity index (χ3v) is 2.56. The van der Waals surface area contributed by atoms with Gasteiger partial charge in [-0.15, -0.1) is 0 Å². The summed E-state index contributed by atoms with van der Waals surface area (Å²) in [6.07, 6.45) is 8.59. The van der Waals surface area contributed by atoms with Crippen molar-refractivity contribution in [3.63, 3.8) is 0 Å². The summed E-state index contributed by atoms with van der Waals surface area (Å²) in [6, 6.07) is 0.322. The van der Waals surface area contributed by atoms with Gasteiger partial charge in [-0.25, -0.2) is 4.98 Å². The summed E-state index contributed by atoms with van der Waals surface area (Å²) in [5, 5.41) is 10.1. The lowest BCUT2D eigenvalue weighted by atomic mass is 10.2. The molecule has 3 heterocycles. The molecule has 0 aliphatic carbocycles. The first-order valence-corrected chi connectivity index (χ1v) is 4.70. The number of aromatic amines is 1. The molecule has 1 aliphatic heterocycles. The van der Waals surface area contributed by atoms with Crippen molar-refractivity contribution in [1.82, 2.24) is 19.7 Å². The number of fused-ring (bicyclic) bond motifs is 1. The van der Waals surface area contributed by atoms with Gasteiger partial charge in [-0.2, -0.15) is 5.10 Å². The van der Waals surface area contributed by atoms with E-state index in [1.807, 2.05) is 18.6 Å². The van der Waals surface area contributed by atoms with Crippen molar-refractivity contribution >= 4 is 5.69 Å². The highest BCUT2D eigenvalue weighted by Crippen LogP contribution is 2.27. The van der Waals surface area contributed by atoms with Gasteiger partial charge in [0.25, 0.3) is 0 Å². The molecule has 5 nitrogen and oxygen atoms in total. The van der Waals surface area contributed by atoms with Crippen molar-refractivity contribution in [3.8, 4) is 0 Å². The molecule has 0 spiro atoms. The van der Waals surface area contributed by atoms with Gasteiger partial charge in [-0.1, -0.05) is 0 Å². The van der Waals surface area contributed by atoms with E-state index in [0.29, 0.717) is 6.04 Å². The molecule has 1 unspecified atom stereocenters. The number of hydrogen-bond donors (Lipinski definition) is 2. The minimum Gasteiger partial charge on any atom is -0.373 e. The number of anilines is 1. The normalized spacial score (nSPS) is 19.6. The van der Waals surface area contributed by atoms with E-state index in [2.05, 4.69) is 25.1 Å². The van der Waals surface area contributed by atoms with Gasteiger partial charge in [-0.3, -0.25) is 5.10 Å². The summed E-state index contributed by atoms with van der Waals surface area (Å²) in [5.74, 6) is 1.12. The third kappa shape index (κ3) is 1.09. The fourth-order valence-corrected chi connectivity index (χ4v) is 1.88. The molecular formula is C9H11N5. The molecule has 14 heavy (non-hydrogen) atoms. The molecule has 3 rings (SSSR count). The first-order chi connectivity index (χ1) is 6.93. The molecular weight excluding hydrogens is 178 g/mol. The smallest absolute Gasteiger partial charge is 0.131 e. The van der Waals surface area contributed by atoms with E-state index in [1.165, 1.54) is 0 Å². The highest BCUT2D eigenvalue weighted by atomic mass is 15.2. The van der Waals surface area contributed by atoms with Gasteiger partial charge in [0, 0.05) is 25.1 Å². The van der Waals surface area contributed by atoms with E-state index < -0.39 is 0 Å². The second-order valence-electron chi connectivity index (χ2n) is 3.45. The van der Waals surface area contributed by atoms with Gasteiger partial charge in [-0.05, 0) is 6.42 Å². The zero-order chi connectivity index (χ0) is 9.38. The summed E-state index contributed by atoms with van der Waals surface area (Å²) in [4.78, 5) is 4.33.